The molecule has 27 heavy (non-hydrogen) atoms. The number of thiazole rings is 1. The van der Waals surface area contributed by atoms with E-state index in [0.29, 0.717) is 6.61 Å². The summed E-state index contributed by atoms with van der Waals surface area (Å²) in [6, 6.07) is 7.81. The molecule has 1 saturated heterocycles. The average molecular weight is 404 g/mol. The number of piperidine rings is 1. The molecule has 1 fully saturated rings. The average Bonchev–Trinajstić information content (AvgIpc) is 3.26. The summed E-state index contributed by atoms with van der Waals surface area (Å²) in [5, 5.41) is 2.77. The van der Waals surface area contributed by atoms with Gasteiger partial charge in [-0.25, -0.2) is 4.98 Å². The number of ether oxygens (including phenoxy) is 1. The molecule has 0 N–H and O–H groups in total. The van der Waals surface area contributed by atoms with Crippen molar-refractivity contribution in [3.8, 4) is 11.3 Å². The first-order chi connectivity index (χ1) is 13.2. The Morgan fingerprint density at radius 2 is 2.19 bits per heavy atom. The number of rotatable bonds is 5. The van der Waals surface area contributed by atoms with Crippen molar-refractivity contribution in [1.29, 1.82) is 0 Å². The molecule has 1 aliphatic heterocycles. The molecule has 0 amide bonds. The van der Waals surface area contributed by atoms with Crippen LogP contribution in [0, 0.1) is 5.92 Å². The van der Waals surface area contributed by atoms with Crippen LogP contribution >= 0.6 is 22.9 Å². The summed E-state index contributed by atoms with van der Waals surface area (Å²) in [6.07, 6.45) is 3.97. The molecule has 3 aromatic rings. The molecule has 0 saturated carbocycles. The highest BCUT2D eigenvalue weighted by molar-refractivity contribution is 7.15. The van der Waals surface area contributed by atoms with Crippen molar-refractivity contribution in [3.05, 3.63) is 46.6 Å². The number of imidazole rings is 1. The van der Waals surface area contributed by atoms with Crippen molar-refractivity contribution in [2.45, 2.75) is 26.3 Å². The van der Waals surface area contributed by atoms with Gasteiger partial charge in [0.05, 0.1) is 23.9 Å². The van der Waals surface area contributed by atoms with E-state index in [2.05, 4.69) is 20.9 Å². The highest BCUT2D eigenvalue weighted by atomic mass is 35.5. The van der Waals surface area contributed by atoms with E-state index in [1.807, 2.05) is 31.2 Å². The summed E-state index contributed by atoms with van der Waals surface area (Å²) < 4.78 is 7.39. The molecule has 1 atom stereocenters. The van der Waals surface area contributed by atoms with E-state index < -0.39 is 0 Å². The lowest BCUT2D eigenvalue weighted by Gasteiger charge is -2.31. The standard InChI is InChI=1S/C20H22ClN3O2S/c1-2-26-19(25)15-4-3-9-23(12-15)13-17-18(14-5-7-16(21)8-6-14)22-20-24(17)10-11-27-20/h5-8,10-11,15H,2-4,9,12-13H2,1H3/t15-/m1/s1. The SMILES string of the molecule is CCOC(=O)[C@@H]1CCCN(Cc2c(-c3ccc(Cl)cc3)nc3sccn23)C1. The van der Waals surface area contributed by atoms with Gasteiger partial charge in [0.25, 0.3) is 0 Å². The van der Waals surface area contributed by atoms with Crippen LogP contribution in [0.15, 0.2) is 35.8 Å². The maximum absolute atomic E-state index is 12.2. The van der Waals surface area contributed by atoms with Gasteiger partial charge in [0.1, 0.15) is 0 Å². The van der Waals surface area contributed by atoms with Gasteiger partial charge in [-0.1, -0.05) is 23.7 Å². The Balaban J connectivity index is 1.61. The lowest BCUT2D eigenvalue weighted by Crippen LogP contribution is -2.39. The van der Waals surface area contributed by atoms with Gasteiger partial charge < -0.3 is 4.74 Å². The Labute approximate surface area is 167 Å². The Morgan fingerprint density at radius 3 is 2.96 bits per heavy atom. The van der Waals surface area contributed by atoms with E-state index in [1.165, 1.54) is 0 Å². The van der Waals surface area contributed by atoms with Crippen LogP contribution in [0.2, 0.25) is 5.02 Å². The molecule has 0 aliphatic carbocycles. The number of carbonyl (C=O) groups is 1. The van der Waals surface area contributed by atoms with Crippen molar-refractivity contribution < 1.29 is 9.53 Å². The number of halogens is 1. The van der Waals surface area contributed by atoms with Gasteiger partial charge in [0.15, 0.2) is 4.96 Å². The summed E-state index contributed by atoms with van der Waals surface area (Å²) in [7, 11) is 0. The number of hydrogen-bond acceptors (Lipinski definition) is 5. The number of esters is 1. The largest absolute Gasteiger partial charge is 0.466 e. The highest BCUT2D eigenvalue weighted by Gasteiger charge is 2.28. The van der Waals surface area contributed by atoms with Crippen molar-refractivity contribution in [3.63, 3.8) is 0 Å². The molecule has 2 aromatic heterocycles. The first-order valence-electron chi connectivity index (χ1n) is 9.25. The Hall–Kier alpha value is -1.89. The molecule has 0 spiro atoms. The second kappa shape index (κ2) is 8.00. The van der Waals surface area contributed by atoms with Crippen molar-refractivity contribution >= 4 is 33.9 Å². The van der Waals surface area contributed by atoms with E-state index >= 15 is 0 Å². The van der Waals surface area contributed by atoms with Crippen LogP contribution in [0.1, 0.15) is 25.5 Å². The fourth-order valence-electron chi connectivity index (χ4n) is 3.69. The topological polar surface area (TPSA) is 46.8 Å². The number of carbonyl (C=O) groups excluding carboxylic acids is 1. The highest BCUT2D eigenvalue weighted by Crippen LogP contribution is 2.30. The first-order valence-corrected chi connectivity index (χ1v) is 10.5. The monoisotopic (exact) mass is 403 g/mol. The molecule has 7 heteroatoms. The van der Waals surface area contributed by atoms with E-state index in [-0.39, 0.29) is 11.9 Å². The fraction of sp³-hybridized carbons (Fsp3) is 0.400. The van der Waals surface area contributed by atoms with Gasteiger partial charge in [-0.3, -0.25) is 14.1 Å². The summed E-state index contributed by atoms with van der Waals surface area (Å²) in [6.45, 7) is 4.76. The zero-order valence-electron chi connectivity index (χ0n) is 15.2. The second-order valence-electron chi connectivity index (χ2n) is 6.80. The van der Waals surface area contributed by atoms with E-state index in [0.717, 1.165) is 59.4 Å². The van der Waals surface area contributed by atoms with Crippen LogP contribution in [-0.2, 0) is 16.1 Å². The Kier molecular flexibility index (Phi) is 5.48. The summed E-state index contributed by atoms with van der Waals surface area (Å²) >= 11 is 7.68. The third kappa shape index (κ3) is 3.88. The molecular formula is C20H22ClN3O2S. The third-order valence-electron chi connectivity index (χ3n) is 4.98. The van der Waals surface area contributed by atoms with Gasteiger partial charge in [0.2, 0.25) is 0 Å². The quantitative estimate of drug-likeness (QED) is 0.589. The number of fused-ring (bicyclic) bond motifs is 1. The van der Waals surface area contributed by atoms with Gasteiger partial charge in [0, 0.05) is 35.3 Å². The van der Waals surface area contributed by atoms with Crippen LogP contribution in [0.25, 0.3) is 16.2 Å². The van der Waals surface area contributed by atoms with Crippen LogP contribution in [0.4, 0.5) is 0 Å². The van der Waals surface area contributed by atoms with E-state index in [9.17, 15) is 4.79 Å². The van der Waals surface area contributed by atoms with Gasteiger partial charge >= 0.3 is 5.97 Å². The van der Waals surface area contributed by atoms with Gasteiger partial charge in [-0.05, 0) is 38.4 Å². The first kappa shape index (κ1) is 18.5. The maximum Gasteiger partial charge on any atom is 0.310 e. The van der Waals surface area contributed by atoms with E-state index in [4.69, 9.17) is 21.3 Å². The molecule has 142 valence electrons. The van der Waals surface area contributed by atoms with Crippen LogP contribution in [0.5, 0.6) is 0 Å². The zero-order valence-corrected chi connectivity index (χ0v) is 16.8. The Bertz CT molecular complexity index is 935. The minimum atomic E-state index is -0.0749. The van der Waals surface area contributed by atoms with Crippen LogP contribution in [0.3, 0.4) is 0 Å². The zero-order chi connectivity index (χ0) is 18.8. The lowest BCUT2D eigenvalue weighted by atomic mass is 9.98. The summed E-state index contributed by atoms with van der Waals surface area (Å²) in [5.74, 6) is -0.113. The van der Waals surface area contributed by atoms with Gasteiger partial charge in [-0.15, -0.1) is 11.3 Å². The van der Waals surface area contributed by atoms with Crippen molar-refractivity contribution in [1.82, 2.24) is 14.3 Å². The normalized spacial score (nSPS) is 18.1. The minimum absolute atomic E-state index is 0.0384. The molecule has 0 bridgehead atoms. The van der Waals surface area contributed by atoms with Gasteiger partial charge in [-0.2, -0.15) is 0 Å². The molecular weight excluding hydrogens is 382 g/mol. The summed E-state index contributed by atoms with van der Waals surface area (Å²) in [4.78, 5) is 20.3. The van der Waals surface area contributed by atoms with Crippen LogP contribution in [-0.4, -0.2) is 40.0 Å². The predicted octanol–water partition coefficient (Wildman–Crippen LogP) is 4.49. The van der Waals surface area contributed by atoms with E-state index in [1.54, 1.807) is 11.3 Å². The molecule has 4 rings (SSSR count). The number of benzene rings is 1. The number of hydrogen-bond donors (Lipinski definition) is 0. The molecule has 5 nitrogen and oxygen atoms in total. The second-order valence-corrected chi connectivity index (χ2v) is 8.11. The smallest absolute Gasteiger partial charge is 0.310 e. The minimum Gasteiger partial charge on any atom is -0.466 e. The number of aromatic nitrogens is 2. The Morgan fingerprint density at radius 1 is 1.37 bits per heavy atom. The van der Waals surface area contributed by atoms with Crippen molar-refractivity contribution in [2.24, 2.45) is 5.92 Å². The number of likely N-dealkylation sites (tertiary alicyclic amines) is 1. The molecule has 1 aliphatic rings. The molecule has 0 radical (unpaired) electrons. The fourth-order valence-corrected chi connectivity index (χ4v) is 4.54. The van der Waals surface area contributed by atoms with Crippen LogP contribution < -0.4 is 0 Å². The van der Waals surface area contributed by atoms with Crippen molar-refractivity contribution in [2.75, 3.05) is 19.7 Å². The number of nitrogens with zero attached hydrogens (tertiary/aromatic N) is 3. The maximum atomic E-state index is 12.2. The molecule has 0 unspecified atom stereocenters. The molecule has 1 aromatic carbocycles. The molecule has 3 heterocycles. The third-order valence-corrected chi connectivity index (χ3v) is 5.99. The lowest BCUT2D eigenvalue weighted by molar-refractivity contribution is -0.150. The summed E-state index contributed by atoms with van der Waals surface area (Å²) in [5.41, 5.74) is 3.19. The predicted molar refractivity (Wildman–Crippen MR) is 108 cm³/mol.